The smallest absolute Gasteiger partial charge is 0.282 e. The second kappa shape index (κ2) is 7.16. The molecule has 6 nitrogen and oxygen atoms in total. The maximum Gasteiger partial charge on any atom is 0.296 e. The van der Waals surface area contributed by atoms with Gasteiger partial charge in [-0.15, -0.1) is 0 Å². The van der Waals surface area contributed by atoms with Gasteiger partial charge < -0.3 is 0 Å². The molecule has 2 aromatic rings. The Bertz CT molecular complexity index is 1090. The molecule has 0 fully saturated rings. The maximum atomic E-state index is 12.2. The molecule has 0 saturated carbocycles. The molecule has 2 N–H and O–H groups in total. The zero-order valence-corrected chi connectivity index (χ0v) is 17.9. The molecule has 150 valence electrons. The third-order valence-corrected chi connectivity index (χ3v) is 6.65. The Hall–Kier alpha value is -1.48. The number of benzene rings is 2. The predicted molar refractivity (Wildman–Crippen MR) is 106 cm³/mol. The van der Waals surface area contributed by atoms with E-state index in [1.54, 1.807) is 19.9 Å². The summed E-state index contributed by atoms with van der Waals surface area (Å²) in [4.78, 5) is -1.48. The van der Waals surface area contributed by atoms with Crippen molar-refractivity contribution in [2.45, 2.75) is 69.1 Å². The number of hydrogen-bond acceptors (Lipinski definition) is 4. The molecule has 0 unspecified atom stereocenters. The number of hydrogen-bond donors (Lipinski definition) is 2. The molecule has 2 aromatic carbocycles. The lowest BCUT2D eigenvalue weighted by Crippen LogP contribution is -2.17. The summed E-state index contributed by atoms with van der Waals surface area (Å²) in [5, 5.41) is 0.718. The molecule has 0 aromatic heterocycles. The summed E-state index contributed by atoms with van der Waals surface area (Å²) in [6.45, 7) is 11.1. The van der Waals surface area contributed by atoms with Crippen molar-refractivity contribution in [3.8, 4) is 0 Å². The fourth-order valence-electron chi connectivity index (χ4n) is 3.73. The largest absolute Gasteiger partial charge is 0.296 e. The van der Waals surface area contributed by atoms with E-state index in [0.29, 0.717) is 10.9 Å². The highest BCUT2D eigenvalue weighted by atomic mass is 32.2. The molecule has 0 heterocycles. The van der Waals surface area contributed by atoms with E-state index in [0.717, 1.165) is 5.56 Å². The minimum absolute atomic E-state index is 0.0389. The van der Waals surface area contributed by atoms with E-state index in [-0.39, 0.29) is 22.8 Å². The molecule has 0 aliphatic heterocycles. The van der Waals surface area contributed by atoms with Gasteiger partial charge in [-0.3, -0.25) is 9.11 Å². The lowest BCUT2D eigenvalue weighted by molar-refractivity contribution is 0.465. The minimum atomic E-state index is -4.92. The van der Waals surface area contributed by atoms with Gasteiger partial charge in [-0.1, -0.05) is 59.7 Å². The van der Waals surface area contributed by atoms with Gasteiger partial charge in [0.05, 0.1) is 0 Å². The molecule has 0 amide bonds. The quantitative estimate of drug-likeness (QED) is 0.686. The highest BCUT2D eigenvalue weighted by molar-refractivity contribution is 7.89. The summed E-state index contributed by atoms with van der Waals surface area (Å²) < 4.78 is 68.7. The molecular formula is C19H26O6S2. The Kier molecular flexibility index (Phi) is 5.79. The van der Waals surface area contributed by atoms with Crippen molar-refractivity contribution in [2.24, 2.45) is 0 Å². The molecule has 0 saturated heterocycles. The molecule has 0 atom stereocenters. The monoisotopic (exact) mass is 414 g/mol. The average molecular weight is 415 g/mol. The van der Waals surface area contributed by atoms with Crippen LogP contribution in [0, 0.1) is 0 Å². The zero-order chi connectivity index (χ0) is 20.9. The summed E-state index contributed by atoms with van der Waals surface area (Å²) in [7, 11) is -9.84. The zero-order valence-electron chi connectivity index (χ0n) is 16.3. The van der Waals surface area contributed by atoms with Gasteiger partial charge in [0.2, 0.25) is 0 Å². The Balaban J connectivity index is 3.46. The summed E-state index contributed by atoms with van der Waals surface area (Å²) in [6.07, 6.45) is 0. The molecule has 0 radical (unpaired) electrons. The van der Waals surface area contributed by atoms with Crippen LogP contribution in [-0.2, 0) is 20.2 Å². The topological polar surface area (TPSA) is 109 Å². The standard InChI is InChI=1S/C19H26O6S2/c1-10(2)13-8-7-9-14-17(13)15(11(3)4)16(12(5)6)19(27(23,24)25)18(14)26(20,21)22/h7-12H,1-6H3,(H,20,21,22)(H,23,24,25). The first kappa shape index (κ1) is 21.8. The molecule has 0 spiro atoms. The van der Waals surface area contributed by atoms with E-state index >= 15 is 0 Å². The molecule has 8 heteroatoms. The van der Waals surface area contributed by atoms with Crippen LogP contribution >= 0.6 is 0 Å². The minimum Gasteiger partial charge on any atom is -0.282 e. The second-order valence-corrected chi connectivity index (χ2v) is 10.4. The van der Waals surface area contributed by atoms with Gasteiger partial charge in [0.15, 0.2) is 0 Å². The molecule has 0 bridgehead atoms. The first-order chi connectivity index (χ1) is 12.2. The average Bonchev–Trinajstić information content (AvgIpc) is 2.49. The third-order valence-electron chi connectivity index (χ3n) is 4.64. The van der Waals surface area contributed by atoms with Gasteiger partial charge >= 0.3 is 0 Å². The van der Waals surface area contributed by atoms with Crippen molar-refractivity contribution in [1.82, 2.24) is 0 Å². The van der Waals surface area contributed by atoms with Crippen molar-refractivity contribution in [1.29, 1.82) is 0 Å². The molecule has 0 aliphatic carbocycles. The highest BCUT2D eigenvalue weighted by Gasteiger charge is 2.35. The van der Waals surface area contributed by atoms with Crippen molar-refractivity contribution in [2.75, 3.05) is 0 Å². The Morgan fingerprint density at radius 2 is 1.19 bits per heavy atom. The third kappa shape index (κ3) is 3.89. The van der Waals surface area contributed by atoms with Gasteiger partial charge in [0.25, 0.3) is 20.2 Å². The lowest BCUT2D eigenvalue weighted by Gasteiger charge is -2.26. The van der Waals surface area contributed by atoms with Gasteiger partial charge in [0, 0.05) is 5.39 Å². The highest BCUT2D eigenvalue weighted by Crippen LogP contribution is 2.44. The van der Waals surface area contributed by atoms with E-state index in [1.807, 2.05) is 33.8 Å². The number of fused-ring (bicyclic) bond motifs is 1. The fourth-order valence-corrected chi connectivity index (χ4v) is 6.12. The van der Waals surface area contributed by atoms with E-state index < -0.39 is 35.9 Å². The summed E-state index contributed by atoms with van der Waals surface area (Å²) in [5.74, 6) is -0.498. The van der Waals surface area contributed by atoms with Crippen molar-refractivity contribution < 1.29 is 25.9 Å². The van der Waals surface area contributed by atoms with Crippen LogP contribution in [0.1, 0.15) is 76.0 Å². The van der Waals surface area contributed by atoms with E-state index in [1.165, 1.54) is 6.07 Å². The van der Waals surface area contributed by atoms with Crippen LogP contribution in [0.5, 0.6) is 0 Å². The maximum absolute atomic E-state index is 12.2. The van der Waals surface area contributed by atoms with Gasteiger partial charge in [-0.25, -0.2) is 0 Å². The van der Waals surface area contributed by atoms with Crippen molar-refractivity contribution in [3.63, 3.8) is 0 Å². The second-order valence-electron chi connectivity index (χ2n) is 7.67. The van der Waals surface area contributed by atoms with Crippen LogP contribution < -0.4 is 0 Å². The van der Waals surface area contributed by atoms with Crippen LogP contribution in [0.15, 0.2) is 28.0 Å². The Morgan fingerprint density at radius 3 is 1.56 bits per heavy atom. The Morgan fingerprint density at radius 1 is 0.704 bits per heavy atom. The van der Waals surface area contributed by atoms with E-state index in [4.69, 9.17) is 0 Å². The van der Waals surface area contributed by atoms with Gasteiger partial charge in [-0.2, -0.15) is 16.8 Å². The molecule has 2 rings (SSSR count). The van der Waals surface area contributed by atoms with Crippen molar-refractivity contribution >= 4 is 31.0 Å². The van der Waals surface area contributed by atoms with E-state index in [9.17, 15) is 25.9 Å². The normalized spacial score (nSPS) is 13.3. The van der Waals surface area contributed by atoms with Gasteiger partial charge in [-0.05, 0) is 39.8 Å². The van der Waals surface area contributed by atoms with Crippen LogP contribution in [0.2, 0.25) is 0 Å². The lowest BCUT2D eigenvalue weighted by atomic mass is 9.82. The summed E-state index contributed by atoms with van der Waals surface area (Å²) >= 11 is 0. The van der Waals surface area contributed by atoms with Crippen molar-refractivity contribution in [3.05, 3.63) is 34.9 Å². The summed E-state index contributed by atoms with van der Waals surface area (Å²) in [6, 6.07) is 4.96. The van der Waals surface area contributed by atoms with Crippen LogP contribution in [0.25, 0.3) is 10.8 Å². The first-order valence-electron chi connectivity index (χ1n) is 8.76. The van der Waals surface area contributed by atoms with Gasteiger partial charge in [0.1, 0.15) is 9.79 Å². The molecular weight excluding hydrogens is 388 g/mol. The number of rotatable bonds is 5. The first-order valence-corrected chi connectivity index (χ1v) is 11.6. The Labute approximate surface area is 161 Å². The van der Waals surface area contributed by atoms with E-state index in [2.05, 4.69) is 0 Å². The van der Waals surface area contributed by atoms with Crippen LogP contribution in [-0.4, -0.2) is 25.9 Å². The SMILES string of the molecule is CC(C)c1c(S(=O)(=O)O)c(S(=O)(=O)O)c2cccc(C(C)C)c2c1C(C)C. The fraction of sp³-hybridized carbons (Fsp3) is 0.474. The molecule has 0 aliphatic rings. The van der Waals surface area contributed by atoms with Crippen LogP contribution in [0.3, 0.4) is 0 Å². The molecule has 27 heavy (non-hydrogen) atoms. The van der Waals surface area contributed by atoms with Crippen LogP contribution in [0.4, 0.5) is 0 Å². The predicted octanol–water partition coefficient (Wildman–Crippen LogP) is 4.70. The summed E-state index contributed by atoms with van der Waals surface area (Å²) in [5.41, 5.74) is 1.75.